The Morgan fingerprint density at radius 3 is 2.18 bits per heavy atom. The number of carbonyl (C=O) groups excluding carboxylic acids is 2. The molecule has 3 aromatic carbocycles. The Kier molecular flexibility index (Phi) is 7.63. The van der Waals surface area contributed by atoms with Crippen LogP contribution in [0.2, 0.25) is 0 Å². The van der Waals surface area contributed by atoms with Crippen LogP contribution in [0.25, 0.3) is 22.8 Å². The van der Waals surface area contributed by atoms with Crippen molar-refractivity contribution < 1.29 is 27.2 Å². The Morgan fingerprint density at radius 1 is 0.897 bits per heavy atom. The van der Waals surface area contributed by atoms with Gasteiger partial charge in [0.2, 0.25) is 11.8 Å². The van der Waals surface area contributed by atoms with Crippen LogP contribution in [0.15, 0.2) is 77.2 Å². The number of amides is 2. The molecule has 4 aromatic rings. The number of nitrogens with zero attached hydrogens (tertiary/aromatic N) is 1. The minimum Gasteiger partial charge on any atom is -0.435 e. The highest BCUT2D eigenvalue weighted by Gasteiger charge is 2.33. The van der Waals surface area contributed by atoms with Gasteiger partial charge in [0.05, 0.1) is 11.3 Å². The molecular weight excluding hydrogens is 507 g/mol. The fourth-order valence-electron chi connectivity index (χ4n) is 4.08. The number of rotatable bonds is 6. The van der Waals surface area contributed by atoms with Crippen LogP contribution in [0.4, 0.5) is 18.9 Å². The molecule has 0 bridgehead atoms. The van der Waals surface area contributed by atoms with Gasteiger partial charge in [-0.05, 0) is 46.9 Å². The average Bonchev–Trinajstić information content (AvgIpc) is 3.32. The summed E-state index contributed by atoms with van der Waals surface area (Å²) in [5.41, 5.74) is 1.40. The molecular formula is C30H28F3N3O3. The lowest BCUT2D eigenvalue weighted by Crippen LogP contribution is -2.25. The van der Waals surface area contributed by atoms with Crippen molar-refractivity contribution in [1.29, 1.82) is 0 Å². The predicted octanol–water partition coefficient (Wildman–Crippen LogP) is 7.21. The van der Waals surface area contributed by atoms with Gasteiger partial charge in [-0.3, -0.25) is 9.59 Å². The van der Waals surface area contributed by atoms with E-state index >= 15 is 0 Å². The van der Waals surface area contributed by atoms with Crippen LogP contribution in [0, 0.1) is 0 Å². The third-order valence-electron chi connectivity index (χ3n) is 6.08. The molecule has 9 heteroatoms. The second kappa shape index (κ2) is 10.8. The highest BCUT2D eigenvalue weighted by Crippen LogP contribution is 2.36. The number of hydrogen-bond donors (Lipinski definition) is 2. The first kappa shape index (κ1) is 27.6. The first-order valence-corrected chi connectivity index (χ1v) is 12.3. The smallest absolute Gasteiger partial charge is 0.416 e. The highest BCUT2D eigenvalue weighted by atomic mass is 19.4. The van der Waals surface area contributed by atoms with E-state index in [1.807, 2.05) is 24.3 Å². The summed E-state index contributed by atoms with van der Waals surface area (Å²) in [4.78, 5) is 29.6. The van der Waals surface area contributed by atoms with Crippen LogP contribution in [-0.4, -0.2) is 16.8 Å². The molecule has 2 amide bonds. The Balaban J connectivity index is 1.75. The molecule has 4 rings (SSSR count). The minimum atomic E-state index is -4.57. The molecule has 39 heavy (non-hydrogen) atoms. The third kappa shape index (κ3) is 6.37. The Hall–Kier alpha value is -4.40. The summed E-state index contributed by atoms with van der Waals surface area (Å²) in [5, 5.41) is 5.25. The van der Waals surface area contributed by atoms with E-state index in [1.54, 1.807) is 24.3 Å². The van der Waals surface area contributed by atoms with E-state index in [1.165, 1.54) is 25.1 Å². The predicted molar refractivity (Wildman–Crippen MR) is 143 cm³/mol. The lowest BCUT2D eigenvalue weighted by molar-refractivity contribution is -0.138. The zero-order chi connectivity index (χ0) is 28.4. The Morgan fingerprint density at radius 2 is 1.54 bits per heavy atom. The Bertz CT molecular complexity index is 1500. The van der Waals surface area contributed by atoms with Gasteiger partial charge in [-0.2, -0.15) is 13.2 Å². The van der Waals surface area contributed by atoms with Crippen molar-refractivity contribution in [1.82, 2.24) is 10.3 Å². The van der Waals surface area contributed by atoms with Gasteiger partial charge in [-0.15, -0.1) is 0 Å². The molecule has 1 heterocycles. The molecule has 0 atom stereocenters. The summed E-state index contributed by atoms with van der Waals surface area (Å²) in [7, 11) is 0. The van der Waals surface area contributed by atoms with E-state index < -0.39 is 17.6 Å². The largest absolute Gasteiger partial charge is 0.435 e. The van der Waals surface area contributed by atoms with Gasteiger partial charge >= 0.3 is 6.18 Å². The van der Waals surface area contributed by atoms with Crippen molar-refractivity contribution in [3.05, 3.63) is 95.2 Å². The standard InChI is InChI=1S/C30H28F3N3O3/c1-18(37)35-24-12-8-6-10-22(24)26-25(27(38)34-17-20-9-5-7-11-23(20)30(31,32)33)36-28(39-26)19-13-15-21(16-14-19)29(2,3)4/h5-16H,17H2,1-4H3,(H,34,38)(H,35,37). The maximum atomic E-state index is 13.4. The van der Waals surface area contributed by atoms with E-state index in [4.69, 9.17) is 4.42 Å². The van der Waals surface area contributed by atoms with Gasteiger partial charge in [0.25, 0.3) is 5.91 Å². The molecule has 202 valence electrons. The van der Waals surface area contributed by atoms with Gasteiger partial charge in [0, 0.05) is 24.6 Å². The van der Waals surface area contributed by atoms with Crippen molar-refractivity contribution >= 4 is 17.5 Å². The summed E-state index contributed by atoms with van der Waals surface area (Å²) < 4.78 is 46.4. The normalized spacial score (nSPS) is 11.8. The van der Waals surface area contributed by atoms with Crippen LogP contribution in [-0.2, 0) is 22.9 Å². The van der Waals surface area contributed by atoms with Crippen LogP contribution in [0.1, 0.15) is 54.9 Å². The number of alkyl halides is 3. The first-order chi connectivity index (χ1) is 18.3. The maximum absolute atomic E-state index is 13.4. The molecule has 2 N–H and O–H groups in total. The molecule has 0 aliphatic heterocycles. The molecule has 6 nitrogen and oxygen atoms in total. The number of aromatic nitrogens is 1. The van der Waals surface area contributed by atoms with E-state index in [0.29, 0.717) is 16.8 Å². The number of oxazole rings is 1. The summed E-state index contributed by atoms with van der Waals surface area (Å²) in [5.74, 6) is -0.810. The van der Waals surface area contributed by atoms with Gasteiger partial charge in [-0.25, -0.2) is 4.98 Å². The van der Waals surface area contributed by atoms with Gasteiger partial charge < -0.3 is 15.1 Å². The summed E-state index contributed by atoms with van der Waals surface area (Å²) in [6, 6.07) is 19.3. The SMILES string of the molecule is CC(=O)Nc1ccccc1-c1oc(-c2ccc(C(C)(C)C)cc2)nc1C(=O)NCc1ccccc1C(F)(F)F. The van der Waals surface area contributed by atoms with Gasteiger partial charge in [-0.1, -0.05) is 63.2 Å². The monoisotopic (exact) mass is 535 g/mol. The average molecular weight is 536 g/mol. The van der Waals surface area contributed by atoms with E-state index in [9.17, 15) is 22.8 Å². The fraction of sp³-hybridized carbons (Fsp3) is 0.233. The third-order valence-corrected chi connectivity index (χ3v) is 6.08. The van der Waals surface area contributed by atoms with Gasteiger partial charge in [0.15, 0.2) is 11.5 Å². The number of para-hydroxylation sites is 1. The van der Waals surface area contributed by atoms with Crippen molar-refractivity contribution in [2.75, 3.05) is 5.32 Å². The lowest BCUT2D eigenvalue weighted by Gasteiger charge is -2.18. The number of nitrogens with one attached hydrogen (secondary N) is 2. The Labute approximate surface area is 224 Å². The molecule has 0 saturated carbocycles. The van der Waals surface area contributed by atoms with Crippen LogP contribution >= 0.6 is 0 Å². The topological polar surface area (TPSA) is 84.2 Å². The van der Waals surface area contributed by atoms with Crippen molar-refractivity contribution in [3.63, 3.8) is 0 Å². The number of hydrogen-bond acceptors (Lipinski definition) is 4. The number of halogens is 3. The number of benzene rings is 3. The fourth-order valence-corrected chi connectivity index (χ4v) is 4.08. The van der Waals surface area contributed by atoms with E-state index in [2.05, 4.69) is 36.4 Å². The molecule has 0 fully saturated rings. The highest BCUT2D eigenvalue weighted by molar-refractivity contribution is 6.01. The number of carbonyl (C=O) groups is 2. The quantitative estimate of drug-likeness (QED) is 0.273. The second-order valence-corrected chi connectivity index (χ2v) is 10.1. The second-order valence-electron chi connectivity index (χ2n) is 10.1. The molecule has 0 saturated heterocycles. The first-order valence-electron chi connectivity index (χ1n) is 12.3. The molecule has 0 spiro atoms. The van der Waals surface area contributed by atoms with Crippen LogP contribution in [0.5, 0.6) is 0 Å². The van der Waals surface area contributed by atoms with Crippen molar-refractivity contribution in [2.24, 2.45) is 0 Å². The lowest BCUT2D eigenvalue weighted by atomic mass is 9.87. The van der Waals surface area contributed by atoms with E-state index in [-0.39, 0.29) is 40.8 Å². The van der Waals surface area contributed by atoms with Crippen molar-refractivity contribution in [3.8, 4) is 22.8 Å². The summed E-state index contributed by atoms with van der Waals surface area (Å²) in [6.45, 7) is 7.24. The molecule has 1 aromatic heterocycles. The maximum Gasteiger partial charge on any atom is 0.416 e. The molecule has 0 unspecified atom stereocenters. The molecule has 0 aliphatic carbocycles. The zero-order valence-corrected chi connectivity index (χ0v) is 21.9. The zero-order valence-electron chi connectivity index (χ0n) is 21.9. The van der Waals surface area contributed by atoms with Gasteiger partial charge in [0.1, 0.15) is 0 Å². The van der Waals surface area contributed by atoms with Crippen molar-refractivity contribution in [2.45, 2.75) is 45.8 Å². The van der Waals surface area contributed by atoms with Crippen LogP contribution in [0.3, 0.4) is 0 Å². The summed E-state index contributed by atoms with van der Waals surface area (Å²) >= 11 is 0. The van der Waals surface area contributed by atoms with Crippen LogP contribution < -0.4 is 10.6 Å². The summed E-state index contributed by atoms with van der Waals surface area (Å²) in [6.07, 6.45) is -4.57. The molecule has 0 aliphatic rings. The molecule has 0 radical (unpaired) electrons. The van der Waals surface area contributed by atoms with E-state index in [0.717, 1.165) is 11.6 Å². The minimum absolute atomic E-state index is 0.0741. The number of anilines is 1.